The molecule has 4 aromatic heterocycles. The van der Waals surface area contributed by atoms with E-state index in [9.17, 15) is 47.9 Å². The number of Topliss-reactive ketones (excluding diaryl/α,β-unsaturated/α-hetero) is 1. The van der Waals surface area contributed by atoms with Gasteiger partial charge in [-0.05, 0) is 110 Å². The topological polar surface area (TPSA) is 327 Å². The van der Waals surface area contributed by atoms with E-state index in [4.69, 9.17) is 39.4 Å². The van der Waals surface area contributed by atoms with Gasteiger partial charge in [-0.3, -0.25) is 38.4 Å². The zero-order chi connectivity index (χ0) is 70.6. The van der Waals surface area contributed by atoms with Gasteiger partial charge in [0.1, 0.15) is 32.3 Å². The van der Waals surface area contributed by atoms with Crippen LogP contribution < -0.4 is 38.1 Å². The van der Waals surface area contributed by atoms with Crippen LogP contribution in [0.5, 0.6) is 0 Å². The van der Waals surface area contributed by atoms with Crippen molar-refractivity contribution in [3.05, 3.63) is 127 Å². The van der Waals surface area contributed by atoms with Gasteiger partial charge in [0.2, 0.25) is 28.9 Å². The minimum absolute atomic E-state index is 0.0257. The van der Waals surface area contributed by atoms with Crippen LogP contribution in [0.25, 0.3) is 44.6 Å². The molecule has 2 aromatic carbocycles. The summed E-state index contributed by atoms with van der Waals surface area (Å²) in [5, 5.41) is 13.3. The Bertz CT molecular complexity index is 4380. The summed E-state index contributed by atoms with van der Waals surface area (Å²) in [6.45, 7) is 17.8. The van der Waals surface area contributed by atoms with Gasteiger partial charge in [-0.25, -0.2) is 19.6 Å². The van der Waals surface area contributed by atoms with E-state index in [0.717, 1.165) is 40.3 Å². The molecule has 6 aromatic rings. The lowest BCUT2D eigenvalue weighted by Gasteiger charge is -2.38. The van der Waals surface area contributed by atoms with Gasteiger partial charge in [-0.15, -0.1) is 0 Å². The van der Waals surface area contributed by atoms with E-state index in [1.807, 2.05) is 81.4 Å². The Hall–Kier alpha value is -8.30. The molecule has 3 amide bonds. The van der Waals surface area contributed by atoms with Gasteiger partial charge in [-0.1, -0.05) is 71.0 Å². The summed E-state index contributed by atoms with van der Waals surface area (Å²) < 4.78 is 32.5. The van der Waals surface area contributed by atoms with Gasteiger partial charge < -0.3 is 59.8 Å². The van der Waals surface area contributed by atoms with Crippen LogP contribution in [0.1, 0.15) is 148 Å². The van der Waals surface area contributed by atoms with Gasteiger partial charge in [0, 0.05) is 72.4 Å². The van der Waals surface area contributed by atoms with Crippen molar-refractivity contribution in [2.24, 2.45) is 11.1 Å². The molecule has 8 heterocycles. The van der Waals surface area contributed by atoms with Crippen LogP contribution in [0.15, 0.2) is 82.4 Å². The summed E-state index contributed by atoms with van der Waals surface area (Å²) in [7, 11) is 0. The molecule has 0 radical (unpaired) electrons. The van der Waals surface area contributed by atoms with Crippen molar-refractivity contribution < 1.29 is 62.0 Å². The molecule has 5 aliphatic rings. The highest BCUT2D eigenvalue weighted by atomic mass is 32.2. The molecule has 0 bridgehead atoms. The molecule has 1 saturated carbocycles. The SMILES string of the molecule is CC[C@@]1(OC(=O)CNC(=O)C(CSC2CCC2SCC(NC(C)(C)C)C(=O)NCC(=O)O[C@]2(CC)C(=O)OCc3c2cc2n(c3=O)Cc3cc4ccccc4nc3-2)NC(=O)CCC(C)(C)OCC(C)(N)C(=O)C(C)(C)C)C(=O)OCc2c1cc1n(c2=O)Cc2cc3ccccc3nc2-1. The Morgan fingerprint density at radius 3 is 1.54 bits per heavy atom. The summed E-state index contributed by atoms with van der Waals surface area (Å²) >= 11 is 2.96. The summed E-state index contributed by atoms with van der Waals surface area (Å²) in [6, 6.07) is 20.4. The van der Waals surface area contributed by atoms with Crippen molar-refractivity contribution in [3.63, 3.8) is 0 Å². The number of carbonyl (C=O) groups is 8. The number of amides is 3. The lowest BCUT2D eigenvalue weighted by molar-refractivity contribution is -0.189. The number of cyclic esters (lactones) is 2. The number of fused-ring (bicyclic) bond motifs is 10. The van der Waals surface area contributed by atoms with Gasteiger partial charge in [0.15, 0.2) is 5.78 Å². The van der Waals surface area contributed by atoms with Gasteiger partial charge >= 0.3 is 23.9 Å². The predicted octanol–water partition coefficient (Wildman–Crippen LogP) is 6.65. The molecule has 26 heteroatoms. The molecular formula is C72H85N9O15S2. The number of pyridine rings is 4. The Balaban J connectivity index is 0.747. The van der Waals surface area contributed by atoms with Crippen LogP contribution in [0.3, 0.4) is 0 Å². The fraction of sp³-hybridized carbons (Fsp3) is 0.500. The molecule has 1 aliphatic carbocycles. The first kappa shape index (κ1) is 71.0. The van der Waals surface area contributed by atoms with Crippen molar-refractivity contribution in [1.82, 2.24) is 40.4 Å². The van der Waals surface area contributed by atoms with E-state index in [2.05, 4.69) is 21.3 Å². The summed E-state index contributed by atoms with van der Waals surface area (Å²) in [4.78, 5) is 150. The summed E-state index contributed by atoms with van der Waals surface area (Å²) in [5.74, 6) is -5.30. The zero-order valence-corrected chi connectivity index (χ0v) is 58.8. The van der Waals surface area contributed by atoms with Crippen molar-refractivity contribution in [1.29, 1.82) is 0 Å². The second-order valence-electron chi connectivity index (χ2n) is 28.8. The van der Waals surface area contributed by atoms with Crippen LogP contribution in [0.4, 0.5) is 0 Å². The van der Waals surface area contributed by atoms with Gasteiger partial charge in [-0.2, -0.15) is 23.5 Å². The largest absolute Gasteiger partial charge is 0.457 e. The number of ether oxygens (including phenoxy) is 5. The van der Waals surface area contributed by atoms with Crippen molar-refractivity contribution >= 4 is 92.7 Å². The second kappa shape index (κ2) is 27.4. The first-order valence-corrected chi connectivity index (χ1v) is 35.3. The third kappa shape index (κ3) is 14.3. The van der Waals surface area contributed by atoms with Crippen molar-refractivity contribution in [2.45, 2.75) is 191 Å². The normalized spacial score (nSPS) is 20.3. The summed E-state index contributed by atoms with van der Waals surface area (Å²) in [5.41, 5.74) is 3.87. The lowest BCUT2D eigenvalue weighted by atomic mass is 9.80. The number of nitrogens with two attached hydrogens (primary N) is 1. The number of nitrogens with zero attached hydrogens (tertiary/aromatic N) is 4. The molecule has 11 rings (SSSR count). The Kier molecular flexibility index (Phi) is 19.9. The highest BCUT2D eigenvalue weighted by molar-refractivity contribution is 8.04. The Morgan fingerprint density at radius 1 is 0.653 bits per heavy atom. The number of carbonyl (C=O) groups excluding carboxylic acids is 8. The third-order valence-corrected chi connectivity index (χ3v) is 22.0. The number of nitrogens with one attached hydrogen (secondary N) is 4. The monoisotopic (exact) mass is 1380 g/mol. The fourth-order valence-corrected chi connectivity index (χ4v) is 16.5. The number of rotatable bonds is 25. The standard InChI is InChI=1S/C72H85N9O15S2/c1-12-71(45-28-51-58-41(26-39-18-14-16-20-47(39)77-58)32-80(51)62(87)43(45)34-92-65(71)90)95-56(83)30-74-60(85)49(76-55(82)24-25-69(9,10)94-38-70(11,73)64(89)67(3,4)5)36-97-53-22-23-54(53)98-37-50(79-68(6,7)8)61(86)75-31-57(84)96-72(13-2)46-29-52-59-42(27-40-19-15-17-21-48(40)78-59)33-81(52)63(88)44(46)35-93-66(72)91/h14-21,26-29,49-50,53-54,79H,12-13,22-25,30-38,73H2,1-11H3,(H,74,85)(H,75,86)(H,76,82)/t49?,50?,53?,54?,70?,71-,72-/m0/s1. The number of esters is 4. The number of thioether (sulfide) groups is 2. The molecule has 0 saturated heterocycles. The first-order chi connectivity index (χ1) is 46.2. The van der Waals surface area contributed by atoms with Crippen LogP contribution in [-0.4, -0.2) is 137 Å². The first-order valence-electron chi connectivity index (χ1n) is 33.2. The van der Waals surface area contributed by atoms with Crippen LogP contribution in [-0.2, 0) is 99.5 Å². The molecule has 24 nitrogen and oxygen atoms in total. The molecule has 1 fully saturated rings. The number of hydrogen-bond acceptors (Lipinski definition) is 21. The molecule has 98 heavy (non-hydrogen) atoms. The number of benzene rings is 2. The second-order valence-corrected chi connectivity index (χ2v) is 31.4. The molecule has 7 atom stereocenters. The molecular weight excluding hydrogens is 1290 g/mol. The molecule has 4 aliphatic heterocycles. The van der Waals surface area contributed by atoms with E-state index >= 15 is 0 Å². The highest BCUT2D eigenvalue weighted by Gasteiger charge is 2.53. The predicted molar refractivity (Wildman–Crippen MR) is 369 cm³/mol. The molecule has 0 spiro atoms. The fourth-order valence-electron chi connectivity index (χ4n) is 13.4. The quantitative estimate of drug-likeness (QED) is 0.0295. The average molecular weight is 1380 g/mol. The molecule has 5 unspecified atom stereocenters. The Labute approximate surface area is 575 Å². The molecule has 6 N–H and O–H groups in total. The van der Waals surface area contributed by atoms with Crippen LogP contribution >= 0.6 is 23.5 Å². The highest BCUT2D eigenvalue weighted by Crippen LogP contribution is 2.44. The van der Waals surface area contributed by atoms with Gasteiger partial charge in [0.25, 0.3) is 11.1 Å². The average Bonchev–Trinajstić information content (AvgIpc) is 1.45. The van der Waals surface area contributed by atoms with E-state index in [1.54, 1.807) is 76.7 Å². The number of para-hydroxylation sites is 2. The van der Waals surface area contributed by atoms with Crippen LogP contribution in [0, 0.1) is 5.41 Å². The smallest absolute Gasteiger partial charge is 0.355 e. The number of hydrogen-bond donors (Lipinski definition) is 5. The Morgan fingerprint density at radius 2 is 1.10 bits per heavy atom. The zero-order valence-electron chi connectivity index (χ0n) is 57.2. The van der Waals surface area contributed by atoms with E-state index in [0.29, 0.717) is 28.3 Å². The van der Waals surface area contributed by atoms with Gasteiger partial charge in [0.05, 0.1) is 81.8 Å². The van der Waals surface area contributed by atoms with E-state index in [-0.39, 0.29) is 109 Å². The summed E-state index contributed by atoms with van der Waals surface area (Å²) in [6.07, 6.45) is 1.38. The maximum atomic E-state index is 14.4. The van der Waals surface area contributed by atoms with Crippen molar-refractivity contribution in [2.75, 3.05) is 31.2 Å². The van der Waals surface area contributed by atoms with E-state index in [1.165, 1.54) is 23.5 Å². The maximum Gasteiger partial charge on any atom is 0.355 e. The molecule has 520 valence electrons. The van der Waals surface area contributed by atoms with Crippen LogP contribution in [0.2, 0.25) is 0 Å². The number of aromatic nitrogens is 4. The van der Waals surface area contributed by atoms with E-state index < -0.39 is 111 Å². The minimum Gasteiger partial charge on any atom is -0.457 e. The minimum atomic E-state index is -2.06. The maximum absolute atomic E-state index is 14.4. The third-order valence-electron chi connectivity index (χ3n) is 18.8. The number of ketones is 1. The lowest BCUT2D eigenvalue weighted by Crippen LogP contribution is -2.55. The van der Waals surface area contributed by atoms with Crippen molar-refractivity contribution in [3.8, 4) is 22.8 Å².